The second kappa shape index (κ2) is 4.61. The first-order chi connectivity index (χ1) is 7.04. The lowest BCUT2D eigenvalue weighted by Gasteiger charge is -2.10. The molecular formula is C9H12N2O4. The summed E-state index contributed by atoms with van der Waals surface area (Å²) in [4.78, 5) is 14.6. The molecule has 0 unspecified atom stereocenters. The van der Waals surface area contributed by atoms with Crippen molar-refractivity contribution in [1.82, 2.24) is 0 Å². The van der Waals surface area contributed by atoms with Gasteiger partial charge in [0.2, 0.25) is 5.75 Å². The molecule has 0 saturated heterocycles. The summed E-state index contributed by atoms with van der Waals surface area (Å²) in [6, 6.07) is 4.09. The van der Waals surface area contributed by atoms with Crippen molar-refractivity contribution in [3.05, 3.63) is 28.3 Å². The van der Waals surface area contributed by atoms with Crippen molar-refractivity contribution in [3.63, 3.8) is 0 Å². The van der Waals surface area contributed by atoms with Crippen molar-refractivity contribution in [3.8, 4) is 11.5 Å². The zero-order valence-corrected chi connectivity index (χ0v) is 8.47. The molecule has 0 aliphatic carbocycles. The van der Waals surface area contributed by atoms with Crippen LogP contribution < -0.4 is 15.5 Å². The van der Waals surface area contributed by atoms with Crippen molar-refractivity contribution in [2.75, 3.05) is 0 Å². The Hall–Kier alpha value is -1.82. The first kappa shape index (κ1) is 11.3. The fraction of sp³-hybridized carbons (Fsp3) is 0.333. The average molecular weight is 212 g/mol. The molecule has 0 fully saturated rings. The molecule has 6 nitrogen and oxygen atoms in total. The van der Waals surface area contributed by atoms with E-state index in [4.69, 9.17) is 10.6 Å². The van der Waals surface area contributed by atoms with Crippen LogP contribution in [0.2, 0.25) is 0 Å². The molecule has 0 aliphatic heterocycles. The number of ether oxygens (including phenoxy) is 1. The van der Waals surface area contributed by atoms with Crippen LogP contribution in [0.4, 0.5) is 5.69 Å². The highest BCUT2D eigenvalue weighted by Crippen LogP contribution is 2.31. The molecular weight excluding hydrogens is 200 g/mol. The van der Waals surface area contributed by atoms with Gasteiger partial charge < -0.3 is 9.57 Å². The van der Waals surface area contributed by atoms with E-state index >= 15 is 0 Å². The van der Waals surface area contributed by atoms with Crippen LogP contribution in [0.3, 0.4) is 0 Å². The lowest BCUT2D eigenvalue weighted by Crippen LogP contribution is -2.08. The number of nitrogens with zero attached hydrogens (tertiary/aromatic N) is 1. The minimum Gasteiger partial charge on any atom is -0.484 e. The summed E-state index contributed by atoms with van der Waals surface area (Å²) in [5.41, 5.74) is -0.107. The fourth-order valence-electron chi connectivity index (χ4n) is 1.07. The Morgan fingerprint density at radius 1 is 1.47 bits per heavy atom. The van der Waals surface area contributed by atoms with Gasteiger partial charge >= 0.3 is 5.69 Å². The number of nitrogens with two attached hydrogens (primary N) is 1. The third-order valence-electron chi connectivity index (χ3n) is 1.63. The van der Waals surface area contributed by atoms with Gasteiger partial charge in [0.15, 0.2) is 5.75 Å². The highest BCUT2D eigenvalue weighted by Gasteiger charge is 2.16. The maximum atomic E-state index is 10.7. The molecule has 1 rings (SSSR count). The normalized spacial score (nSPS) is 10.1. The van der Waals surface area contributed by atoms with Crippen molar-refractivity contribution in [2.24, 2.45) is 5.90 Å². The largest absolute Gasteiger partial charge is 0.484 e. The van der Waals surface area contributed by atoms with Crippen LogP contribution in [0.25, 0.3) is 0 Å². The monoisotopic (exact) mass is 212 g/mol. The molecule has 0 aliphatic rings. The minimum absolute atomic E-state index is 0.107. The Balaban J connectivity index is 3.10. The second-order valence-electron chi connectivity index (χ2n) is 3.17. The maximum Gasteiger partial charge on any atom is 0.311 e. The molecule has 1 aromatic carbocycles. The molecule has 0 radical (unpaired) electrons. The lowest BCUT2D eigenvalue weighted by atomic mass is 10.3. The molecule has 0 saturated carbocycles. The molecule has 0 bridgehead atoms. The molecule has 6 heteroatoms. The topological polar surface area (TPSA) is 87.6 Å². The van der Waals surface area contributed by atoms with Gasteiger partial charge in [0.25, 0.3) is 0 Å². The van der Waals surface area contributed by atoms with Gasteiger partial charge in [-0.1, -0.05) is 0 Å². The maximum absolute atomic E-state index is 10.7. The first-order valence-electron chi connectivity index (χ1n) is 4.36. The van der Waals surface area contributed by atoms with Crippen molar-refractivity contribution in [2.45, 2.75) is 20.0 Å². The predicted octanol–water partition coefficient (Wildman–Crippen LogP) is 1.63. The Morgan fingerprint density at radius 2 is 2.13 bits per heavy atom. The van der Waals surface area contributed by atoms with Crippen molar-refractivity contribution >= 4 is 5.69 Å². The van der Waals surface area contributed by atoms with Gasteiger partial charge in [-0.15, -0.1) is 0 Å². The number of benzene rings is 1. The number of hydrogen-bond donors (Lipinski definition) is 1. The number of nitro groups is 1. The molecule has 2 N–H and O–H groups in total. The molecule has 0 aromatic heterocycles. The van der Waals surface area contributed by atoms with Crippen LogP contribution in [0.5, 0.6) is 11.5 Å². The van der Waals surface area contributed by atoms with Crippen LogP contribution in [-0.4, -0.2) is 11.0 Å². The van der Waals surface area contributed by atoms with Gasteiger partial charge in [-0.05, 0) is 19.9 Å². The van der Waals surface area contributed by atoms with E-state index in [9.17, 15) is 10.1 Å². The summed E-state index contributed by atoms with van der Waals surface area (Å²) < 4.78 is 5.27. The van der Waals surface area contributed by atoms with E-state index in [1.54, 1.807) is 13.8 Å². The third kappa shape index (κ3) is 2.81. The highest BCUT2D eigenvalue weighted by atomic mass is 16.6. The van der Waals surface area contributed by atoms with Crippen molar-refractivity contribution < 1.29 is 14.5 Å². The summed E-state index contributed by atoms with van der Waals surface area (Å²) in [5.74, 6) is 5.42. The van der Waals surface area contributed by atoms with E-state index in [0.29, 0.717) is 5.75 Å². The van der Waals surface area contributed by atoms with E-state index in [0.717, 1.165) is 0 Å². The predicted molar refractivity (Wildman–Crippen MR) is 53.7 cm³/mol. The third-order valence-corrected chi connectivity index (χ3v) is 1.63. The second-order valence-corrected chi connectivity index (χ2v) is 3.17. The Labute approximate surface area is 86.7 Å². The van der Waals surface area contributed by atoms with Gasteiger partial charge in [0, 0.05) is 12.1 Å². The van der Waals surface area contributed by atoms with Crippen LogP contribution in [0.15, 0.2) is 18.2 Å². The standard InChI is InChI=1S/C9H12N2O4/c1-6(2)14-9-5-7(15-10)3-4-8(9)11(12)13/h3-6H,10H2,1-2H3. The summed E-state index contributed by atoms with van der Waals surface area (Å²) >= 11 is 0. The molecule has 0 atom stereocenters. The van der Waals surface area contributed by atoms with Crippen LogP contribution in [0, 0.1) is 10.1 Å². The summed E-state index contributed by atoms with van der Waals surface area (Å²) in [5, 5.41) is 10.7. The van der Waals surface area contributed by atoms with E-state index in [1.807, 2.05) is 0 Å². The molecule has 15 heavy (non-hydrogen) atoms. The lowest BCUT2D eigenvalue weighted by molar-refractivity contribution is -0.386. The van der Waals surface area contributed by atoms with Gasteiger partial charge in [0.1, 0.15) is 0 Å². The summed E-state index contributed by atoms with van der Waals surface area (Å²) in [7, 11) is 0. The summed E-state index contributed by atoms with van der Waals surface area (Å²) in [6.07, 6.45) is -0.156. The first-order valence-corrected chi connectivity index (χ1v) is 4.36. The van der Waals surface area contributed by atoms with E-state index in [1.165, 1.54) is 18.2 Å². The van der Waals surface area contributed by atoms with E-state index in [2.05, 4.69) is 4.84 Å². The van der Waals surface area contributed by atoms with Gasteiger partial charge in [-0.3, -0.25) is 10.1 Å². The van der Waals surface area contributed by atoms with Crippen LogP contribution >= 0.6 is 0 Å². The summed E-state index contributed by atoms with van der Waals surface area (Å²) in [6.45, 7) is 3.55. The molecule has 0 heterocycles. The van der Waals surface area contributed by atoms with Crippen LogP contribution in [-0.2, 0) is 0 Å². The highest BCUT2D eigenvalue weighted by molar-refractivity contribution is 5.50. The zero-order chi connectivity index (χ0) is 11.4. The Bertz CT molecular complexity index is 365. The van der Waals surface area contributed by atoms with Crippen LogP contribution in [0.1, 0.15) is 13.8 Å². The Kier molecular flexibility index (Phi) is 3.46. The number of hydrogen-bond acceptors (Lipinski definition) is 5. The Morgan fingerprint density at radius 3 is 2.60 bits per heavy atom. The zero-order valence-electron chi connectivity index (χ0n) is 8.47. The smallest absolute Gasteiger partial charge is 0.311 e. The minimum atomic E-state index is -0.516. The molecule has 0 spiro atoms. The van der Waals surface area contributed by atoms with Gasteiger partial charge in [0.05, 0.1) is 11.0 Å². The quantitative estimate of drug-likeness (QED) is 0.605. The molecule has 0 amide bonds. The van der Waals surface area contributed by atoms with Crippen molar-refractivity contribution in [1.29, 1.82) is 0 Å². The molecule has 1 aromatic rings. The SMILES string of the molecule is CC(C)Oc1cc(ON)ccc1[N+](=O)[O-]. The number of nitro benzene ring substituents is 1. The van der Waals surface area contributed by atoms with E-state index in [-0.39, 0.29) is 17.5 Å². The average Bonchev–Trinajstić information content (AvgIpc) is 2.16. The van der Waals surface area contributed by atoms with E-state index < -0.39 is 4.92 Å². The number of rotatable bonds is 4. The van der Waals surface area contributed by atoms with Gasteiger partial charge in [-0.25, -0.2) is 0 Å². The van der Waals surface area contributed by atoms with Gasteiger partial charge in [-0.2, -0.15) is 5.90 Å². The molecule has 82 valence electrons. The fourth-order valence-corrected chi connectivity index (χ4v) is 1.07.